The Bertz CT molecular complexity index is 389. The maximum absolute atomic E-state index is 11.0. The second-order valence-corrected chi connectivity index (χ2v) is 5.57. The van der Waals surface area contributed by atoms with Crippen LogP contribution < -0.4 is 11.1 Å². The average molecular weight is 250 g/mol. The Labute approximate surface area is 106 Å². The van der Waals surface area contributed by atoms with Gasteiger partial charge in [-0.2, -0.15) is 11.8 Å². The zero-order chi connectivity index (χ0) is 12.1. The van der Waals surface area contributed by atoms with Crippen molar-refractivity contribution in [3.63, 3.8) is 0 Å². The molecule has 1 aliphatic rings. The summed E-state index contributed by atoms with van der Waals surface area (Å²) in [4.78, 5) is 11.0. The van der Waals surface area contributed by atoms with Crippen molar-refractivity contribution in [1.82, 2.24) is 5.32 Å². The van der Waals surface area contributed by atoms with Crippen LogP contribution in [0.25, 0.3) is 0 Å². The molecule has 3 nitrogen and oxygen atoms in total. The summed E-state index contributed by atoms with van der Waals surface area (Å²) < 4.78 is 0. The number of nitrogens with one attached hydrogen (secondary N) is 1. The van der Waals surface area contributed by atoms with Gasteiger partial charge in [0.15, 0.2) is 0 Å². The van der Waals surface area contributed by atoms with E-state index in [1.54, 1.807) is 6.07 Å². The highest BCUT2D eigenvalue weighted by Gasteiger charge is 2.14. The van der Waals surface area contributed by atoms with E-state index in [0.717, 1.165) is 24.6 Å². The lowest BCUT2D eigenvalue weighted by atomic mass is 10.1. The second kappa shape index (κ2) is 6.07. The van der Waals surface area contributed by atoms with Crippen LogP contribution in [0.15, 0.2) is 24.3 Å². The highest BCUT2D eigenvalue weighted by molar-refractivity contribution is 7.99. The van der Waals surface area contributed by atoms with Crippen molar-refractivity contribution in [2.75, 3.05) is 18.1 Å². The molecule has 0 aliphatic carbocycles. The third-order valence-electron chi connectivity index (χ3n) is 3.00. The Hall–Kier alpha value is -1.00. The van der Waals surface area contributed by atoms with E-state index in [-0.39, 0.29) is 5.91 Å². The van der Waals surface area contributed by atoms with E-state index in [2.05, 4.69) is 5.32 Å². The number of benzene rings is 1. The summed E-state index contributed by atoms with van der Waals surface area (Å²) in [7, 11) is 0. The molecule has 1 atom stereocenters. The van der Waals surface area contributed by atoms with E-state index in [4.69, 9.17) is 5.73 Å². The molecule has 0 bridgehead atoms. The number of carbonyl (C=O) groups excluding carboxylic acids is 1. The smallest absolute Gasteiger partial charge is 0.248 e. The normalized spacial score (nSPS) is 19.4. The number of rotatable bonds is 5. The molecule has 1 saturated heterocycles. The van der Waals surface area contributed by atoms with Gasteiger partial charge in [0.2, 0.25) is 5.91 Å². The maximum atomic E-state index is 11.0. The van der Waals surface area contributed by atoms with Gasteiger partial charge in [-0.15, -0.1) is 0 Å². The van der Waals surface area contributed by atoms with Gasteiger partial charge in [-0.3, -0.25) is 4.79 Å². The summed E-state index contributed by atoms with van der Waals surface area (Å²) in [6.07, 6.45) is 1.32. The topological polar surface area (TPSA) is 55.1 Å². The number of amides is 1. The SMILES string of the molecule is NC(=O)c1cccc(CNCC2CCSC2)c1. The fourth-order valence-corrected chi connectivity index (χ4v) is 3.28. The minimum atomic E-state index is -0.362. The van der Waals surface area contributed by atoms with Crippen molar-refractivity contribution >= 4 is 17.7 Å². The maximum Gasteiger partial charge on any atom is 0.248 e. The van der Waals surface area contributed by atoms with Gasteiger partial charge in [-0.1, -0.05) is 12.1 Å². The standard InChI is InChI=1S/C13H18N2OS/c14-13(16)12-3-1-2-10(6-12)7-15-8-11-4-5-17-9-11/h1-3,6,11,15H,4-5,7-9H2,(H2,14,16). The largest absolute Gasteiger partial charge is 0.366 e. The summed E-state index contributed by atoms with van der Waals surface area (Å²) >= 11 is 2.03. The molecule has 0 saturated carbocycles. The predicted octanol–water partition coefficient (Wildman–Crippen LogP) is 1.63. The van der Waals surface area contributed by atoms with Gasteiger partial charge in [0.1, 0.15) is 0 Å². The second-order valence-electron chi connectivity index (χ2n) is 4.43. The Morgan fingerprint density at radius 3 is 3.12 bits per heavy atom. The summed E-state index contributed by atoms with van der Waals surface area (Å²) in [6, 6.07) is 7.50. The van der Waals surface area contributed by atoms with Crippen LogP contribution in [0, 0.1) is 5.92 Å². The highest BCUT2D eigenvalue weighted by atomic mass is 32.2. The molecule has 1 aromatic carbocycles. The van der Waals surface area contributed by atoms with E-state index < -0.39 is 0 Å². The van der Waals surface area contributed by atoms with E-state index >= 15 is 0 Å². The molecule has 0 aromatic heterocycles. The molecule has 4 heteroatoms. The van der Waals surface area contributed by atoms with Gasteiger partial charge < -0.3 is 11.1 Å². The zero-order valence-electron chi connectivity index (χ0n) is 9.82. The fourth-order valence-electron chi connectivity index (χ4n) is 2.00. The lowest BCUT2D eigenvalue weighted by Gasteiger charge is -2.10. The highest BCUT2D eigenvalue weighted by Crippen LogP contribution is 2.22. The van der Waals surface area contributed by atoms with Gasteiger partial charge in [-0.05, 0) is 48.1 Å². The first-order chi connectivity index (χ1) is 8.25. The number of hydrogen-bond acceptors (Lipinski definition) is 3. The van der Waals surface area contributed by atoms with Crippen LogP contribution >= 0.6 is 11.8 Å². The number of nitrogens with two attached hydrogens (primary N) is 1. The van der Waals surface area contributed by atoms with Gasteiger partial charge in [0, 0.05) is 12.1 Å². The van der Waals surface area contributed by atoms with Crippen molar-refractivity contribution in [1.29, 1.82) is 0 Å². The lowest BCUT2D eigenvalue weighted by molar-refractivity contribution is 0.1000. The van der Waals surface area contributed by atoms with E-state index in [9.17, 15) is 4.79 Å². The van der Waals surface area contributed by atoms with Crippen LogP contribution in [0.2, 0.25) is 0 Å². The van der Waals surface area contributed by atoms with Gasteiger partial charge in [0.05, 0.1) is 0 Å². The third kappa shape index (κ3) is 3.75. The third-order valence-corrected chi connectivity index (χ3v) is 4.23. The first-order valence-corrected chi connectivity index (χ1v) is 7.08. The van der Waals surface area contributed by atoms with Crippen LogP contribution in [0.1, 0.15) is 22.3 Å². The van der Waals surface area contributed by atoms with Crippen molar-refractivity contribution in [3.8, 4) is 0 Å². The molecule has 0 radical (unpaired) electrons. The molecule has 3 N–H and O–H groups in total. The van der Waals surface area contributed by atoms with E-state index in [0.29, 0.717) is 5.56 Å². The van der Waals surface area contributed by atoms with Gasteiger partial charge in [-0.25, -0.2) is 0 Å². The molecule has 1 heterocycles. The number of thioether (sulfide) groups is 1. The summed E-state index contributed by atoms with van der Waals surface area (Å²) in [5, 5.41) is 3.44. The molecule has 1 aliphatic heterocycles. The Morgan fingerprint density at radius 1 is 1.53 bits per heavy atom. The van der Waals surface area contributed by atoms with Gasteiger partial charge >= 0.3 is 0 Å². The van der Waals surface area contributed by atoms with Crippen molar-refractivity contribution < 1.29 is 4.79 Å². The van der Waals surface area contributed by atoms with E-state index in [1.807, 2.05) is 30.0 Å². The molecule has 1 aromatic rings. The van der Waals surface area contributed by atoms with Crippen LogP contribution in [-0.4, -0.2) is 24.0 Å². The molecule has 92 valence electrons. The minimum Gasteiger partial charge on any atom is -0.366 e. The Balaban J connectivity index is 1.81. The molecule has 2 rings (SSSR count). The number of primary amides is 1. The van der Waals surface area contributed by atoms with Crippen LogP contribution in [0.4, 0.5) is 0 Å². The van der Waals surface area contributed by atoms with Crippen molar-refractivity contribution in [2.24, 2.45) is 11.7 Å². The summed E-state index contributed by atoms with van der Waals surface area (Å²) in [5.74, 6) is 3.01. The average Bonchev–Trinajstić information content (AvgIpc) is 2.82. The fraction of sp³-hybridized carbons (Fsp3) is 0.462. The first-order valence-electron chi connectivity index (χ1n) is 5.93. The monoisotopic (exact) mass is 250 g/mol. The zero-order valence-corrected chi connectivity index (χ0v) is 10.6. The van der Waals surface area contributed by atoms with E-state index in [1.165, 1.54) is 17.9 Å². The lowest BCUT2D eigenvalue weighted by Crippen LogP contribution is -2.22. The molecule has 1 unspecified atom stereocenters. The molecule has 1 amide bonds. The summed E-state index contributed by atoms with van der Waals surface area (Å²) in [5.41, 5.74) is 6.95. The minimum absolute atomic E-state index is 0.362. The summed E-state index contributed by atoms with van der Waals surface area (Å²) in [6.45, 7) is 1.87. The molecule has 17 heavy (non-hydrogen) atoms. The molecule has 1 fully saturated rings. The van der Waals surface area contributed by atoms with Crippen molar-refractivity contribution in [3.05, 3.63) is 35.4 Å². The number of hydrogen-bond donors (Lipinski definition) is 2. The van der Waals surface area contributed by atoms with Crippen LogP contribution in [-0.2, 0) is 6.54 Å². The molecular formula is C13H18N2OS. The predicted molar refractivity (Wildman–Crippen MR) is 72.1 cm³/mol. The Morgan fingerprint density at radius 2 is 2.41 bits per heavy atom. The first kappa shape index (κ1) is 12.5. The van der Waals surface area contributed by atoms with Crippen LogP contribution in [0.3, 0.4) is 0 Å². The van der Waals surface area contributed by atoms with Crippen LogP contribution in [0.5, 0.6) is 0 Å². The molecular weight excluding hydrogens is 232 g/mol. The molecule has 0 spiro atoms. The van der Waals surface area contributed by atoms with Gasteiger partial charge in [0.25, 0.3) is 0 Å². The number of carbonyl (C=O) groups is 1. The quantitative estimate of drug-likeness (QED) is 0.835. The van der Waals surface area contributed by atoms with Crippen molar-refractivity contribution in [2.45, 2.75) is 13.0 Å². The Kier molecular flexibility index (Phi) is 4.45.